The van der Waals surface area contributed by atoms with Gasteiger partial charge >= 0.3 is 0 Å². The summed E-state index contributed by atoms with van der Waals surface area (Å²) in [5, 5.41) is 30.2. The first-order valence-corrected chi connectivity index (χ1v) is 6.86. The van der Waals surface area contributed by atoms with Gasteiger partial charge in [-0.3, -0.25) is 4.79 Å². The third-order valence-corrected chi connectivity index (χ3v) is 3.93. The molecule has 0 aliphatic carbocycles. The van der Waals surface area contributed by atoms with Crippen LogP contribution in [0.2, 0.25) is 0 Å². The van der Waals surface area contributed by atoms with Crippen LogP contribution in [0.25, 0.3) is 0 Å². The van der Waals surface area contributed by atoms with Crippen molar-refractivity contribution in [1.82, 2.24) is 10.2 Å². The predicted octanol–water partition coefficient (Wildman–Crippen LogP) is -1.06. The number of rotatable bonds is 6. The van der Waals surface area contributed by atoms with Crippen LogP contribution in [0, 0.1) is 5.92 Å². The van der Waals surface area contributed by atoms with Crippen molar-refractivity contribution in [3.05, 3.63) is 0 Å². The summed E-state index contributed by atoms with van der Waals surface area (Å²) < 4.78 is 0. The van der Waals surface area contributed by atoms with E-state index in [1.165, 1.54) is 0 Å². The van der Waals surface area contributed by atoms with Gasteiger partial charge in [-0.25, -0.2) is 0 Å². The third-order valence-electron chi connectivity index (χ3n) is 3.93. The smallest absolute Gasteiger partial charge is 0.223 e. The monoisotopic (exact) mass is 274 g/mol. The molecule has 4 N–H and O–H groups in total. The highest BCUT2D eigenvalue weighted by molar-refractivity contribution is 5.79. The van der Waals surface area contributed by atoms with Crippen molar-refractivity contribution in [3.8, 4) is 0 Å². The largest absolute Gasteiger partial charge is 0.394 e. The van der Waals surface area contributed by atoms with E-state index in [9.17, 15) is 20.1 Å². The van der Waals surface area contributed by atoms with Gasteiger partial charge in [-0.15, -0.1) is 0 Å². The van der Waals surface area contributed by atoms with Gasteiger partial charge in [-0.1, -0.05) is 0 Å². The molecule has 0 radical (unpaired) electrons. The molecule has 112 valence electrons. The maximum atomic E-state index is 12.1. The van der Waals surface area contributed by atoms with Gasteiger partial charge in [0.05, 0.1) is 19.8 Å². The second kappa shape index (κ2) is 7.19. The number of piperidine rings is 1. The van der Waals surface area contributed by atoms with Crippen molar-refractivity contribution < 1.29 is 20.1 Å². The fourth-order valence-corrected chi connectivity index (χ4v) is 2.31. The molecule has 0 bridgehead atoms. The predicted molar refractivity (Wildman–Crippen MR) is 71.6 cm³/mol. The Hall–Kier alpha value is -0.690. The molecule has 0 saturated carbocycles. The molecule has 0 atom stereocenters. The number of nitrogens with zero attached hydrogens (tertiary/aromatic N) is 1. The summed E-state index contributed by atoms with van der Waals surface area (Å²) in [5.41, 5.74) is -1.31. The molecular weight excluding hydrogens is 248 g/mol. The highest BCUT2D eigenvalue weighted by Crippen LogP contribution is 2.20. The lowest BCUT2D eigenvalue weighted by Gasteiger charge is -2.36. The molecule has 1 aliphatic heterocycles. The number of likely N-dealkylation sites (tertiary alicyclic amines) is 1. The van der Waals surface area contributed by atoms with Gasteiger partial charge in [0.2, 0.25) is 5.91 Å². The molecule has 0 unspecified atom stereocenters. The van der Waals surface area contributed by atoms with E-state index in [-0.39, 0.29) is 11.8 Å². The van der Waals surface area contributed by atoms with Crippen LogP contribution < -0.4 is 5.32 Å². The zero-order chi connectivity index (χ0) is 14.5. The first-order valence-electron chi connectivity index (χ1n) is 6.86. The number of carbonyl (C=O) groups is 1. The average Bonchev–Trinajstić information content (AvgIpc) is 2.45. The van der Waals surface area contributed by atoms with Gasteiger partial charge in [0, 0.05) is 12.0 Å². The summed E-state index contributed by atoms with van der Waals surface area (Å²) in [6.45, 7) is 4.59. The lowest BCUT2D eigenvalue weighted by Crippen LogP contribution is -2.59. The Labute approximate surface area is 114 Å². The molecular formula is C13H26N2O4. The van der Waals surface area contributed by atoms with E-state index < -0.39 is 25.4 Å². The maximum Gasteiger partial charge on any atom is 0.223 e. The fourth-order valence-electron chi connectivity index (χ4n) is 2.31. The molecule has 1 fully saturated rings. The van der Waals surface area contributed by atoms with Crippen LogP contribution in [-0.4, -0.2) is 70.6 Å². The Morgan fingerprint density at radius 3 is 2.05 bits per heavy atom. The molecule has 1 rings (SSSR count). The van der Waals surface area contributed by atoms with Crippen molar-refractivity contribution in [2.24, 2.45) is 5.92 Å². The van der Waals surface area contributed by atoms with Gasteiger partial charge in [-0.05, 0) is 39.8 Å². The van der Waals surface area contributed by atoms with Crippen LogP contribution in [0.5, 0.6) is 0 Å². The second-order valence-corrected chi connectivity index (χ2v) is 5.65. The molecule has 1 heterocycles. The Kier molecular flexibility index (Phi) is 6.19. The maximum absolute atomic E-state index is 12.1. The zero-order valence-electron chi connectivity index (χ0n) is 11.8. The summed E-state index contributed by atoms with van der Waals surface area (Å²) in [4.78, 5) is 14.4. The Bertz CT molecular complexity index is 276. The molecule has 19 heavy (non-hydrogen) atoms. The van der Waals surface area contributed by atoms with Crippen LogP contribution in [0.15, 0.2) is 0 Å². The SMILES string of the molecule is CC(C)N1CCC(C(=O)NC(CO)(CO)CO)CC1. The zero-order valence-corrected chi connectivity index (χ0v) is 11.8. The molecule has 6 heteroatoms. The topological polar surface area (TPSA) is 93.0 Å². The first-order chi connectivity index (χ1) is 8.98. The first kappa shape index (κ1) is 16.4. The van der Waals surface area contributed by atoms with Crippen LogP contribution in [0.1, 0.15) is 26.7 Å². The highest BCUT2D eigenvalue weighted by Gasteiger charge is 2.34. The lowest BCUT2D eigenvalue weighted by molar-refractivity contribution is -0.131. The van der Waals surface area contributed by atoms with Crippen molar-refractivity contribution >= 4 is 5.91 Å². The Morgan fingerprint density at radius 2 is 1.68 bits per heavy atom. The van der Waals surface area contributed by atoms with Crippen molar-refractivity contribution in [2.75, 3.05) is 32.9 Å². The molecule has 1 amide bonds. The molecule has 0 aromatic carbocycles. The number of hydrogen-bond acceptors (Lipinski definition) is 5. The van der Waals surface area contributed by atoms with E-state index in [1.807, 2.05) is 0 Å². The molecule has 1 saturated heterocycles. The number of aliphatic hydroxyl groups excluding tert-OH is 3. The summed E-state index contributed by atoms with van der Waals surface area (Å²) in [6.07, 6.45) is 1.53. The van der Waals surface area contributed by atoms with E-state index in [0.29, 0.717) is 6.04 Å². The molecule has 1 aliphatic rings. The summed E-state index contributed by atoms with van der Waals surface area (Å²) >= 11 is 0. The van der Waals surface area contributed by atoms with Gasteiger partial charge in [0.25, 0.3) is 0 Å². The van der Waals surface area contributed by atoms with Crippen LogP contribution in [0.4, 0.5) is 0 Å². The summed E-state index contributed by atoms with van der Waals surface area (Å²) in [6, 6.07) is 0.482. The quantitative estimate of drug-likeness (QED) is 0.495. The van der Waals surface area contributed by atoms with E-state index in [1.54, 1.807) is 0 Å². The minimum atomic E-state index is -1.31. The molecule has 0 aromatic rings. The third kappa shape index (κ3) is 4.14. The minimum absolute atomic E-state index is 0.112. The number of amides is 1. The van der Waals surface area contributed by atoms with E-state index in [0.717, 1.165) is 25.9 Å². The van der Waals surface area contributed by atoms with Crippen LogP contribution in [-0.2, 0) is 4.79 Å². The van der Waals surface area contributed by atoms with E-state index >= 15 is 0 Å². The molecule has 6 nitrogen and oxygen atoms in total. The number of hydrogen-bond donors (Lipinski definition) is 4. The highest BCUT2D eigenvalue weighted by atomic mass is 16.3. The van der Waals surface area contributed by atoms with Crippen LogP contribution >= 0.6 is 0 Å². The normalized spacial score (nSPS) is 18.8. The average molecular weight is 274 g/mol. The van der Waals surface area contributed by atoms with E-state index in [4.69, 9.17) is 0 Å². The lowest BCUT2D eigenvalue weighted by atomic mass is 9.93. The van der Waals surface area contributed by atoms with Gasteiger partial charge in [0.15, 0.2) is 0 Å². The van der Waals surface area contributed by atoms with Gasteiger partial charge < -0.3 is 25.5 Å². The Balaban J connectivity index is 2.51. The number of nitrogens with one attached hydrogen (secondary N) is 1. The van der Waals surface area contributed by atoms with Crippen LogP contribution in [0.3, 0.4) is 0 Å². The number of aliphatic hydroxyl groups is 3. The van der Waals surface area contributed by atoms with Gasteiger partial charge in [0.1, 0.15) is 5.54 Å². The summed E-state index contributed by atoms with van der Waals surface area (Å²) in [7, 11) is 0. The van der Waals surface area contributed by atoms with Crippen molar-refractivity contribution in [2.45, 2.75) is 38.3 Å². The Morgan fingerprint density at radius 1 is 1.21 bits per heavy atom. The number of carbonyl (C=O) groups excluding carboxylic acids is 1. The van der Waals surface area contributed by atoms with Crippen molar-refractivity contribution in [3.63, 3.8) is 0 Å². The molecule has 0 spiro atoms. The second-order valence-electron chi connectivity index (χ2n) is 5.65. The summed E-state index contributed by atoms with van der Waals surface area (Å²) in [5.74, 6) is -0.306. The fraction of sp³-hybridized carbons (Fsp3) is 0.923. The minimum Gasteiger partial charge on any atom is -0.394 e. The van der Waals surface area contributed by atoms with Crippen molar-refractivity contribution in [1.29, 1.82) is 0 Å². The molecule has 0 aromatic heterocycles. The van der Waals surface area contributed by atoms with Gasteiger partial charge in [-0.2, -0.15) is 0 Å². The van der Waals surface area contributed by atoms with E-state index in [2.05, 4.69) is 24.1 Å². The standard InChI is InChI=1S/C13H26N2O4/c1-10(2)15-5-3-11(4-6-15)12(19)14-13(7-16,8-17)9-18/h10-11,16-18H,3-9H2,1-2H3,(H,14,19).